The van der Waals surface area contributed by atoms with Crippen LogP contribution in [0.1, 0.15) is 49.1 Å². The van der Waals surface area contributed by atoms with Crippen LogP contribution in [0.15, 0.2) is 48.5 Å². The number of fused-ring (bicyclic) bond motifs is 5. The van der Waals surface area contributed by atoms with Crippen molar-refractivity contribution in [2.45, 2.75) is 38.0 Å². The fourth-order valence-corrected chi connectivity index (χ4v) is 6.02. The lowest BCUT2D eigenvalue weighted by atomic mass is 9.69. The van der Waals surface area contributed by atoms with E-state index >= 15 is 0 Å². The molecule has 1 amide bonds. The number of alkyl carbamates (subject to hydrolysis) is 1. The van der Waals surface area contributed by atoms with Crippen LogP contribution in [0.2, 0.25) is 0 Å². The molecule has 0 aliphatic heterocycles. The van der Waals surface area contributed by atoms with Gasteiger partial charge in [-0.05, 0) is 53.4 Å². The highest BCUT2D eigenvalue weighted by Gasteiger charge is 2.49. The Morgan fingerprint density at radius 2 is 1.53 bits per heavy atom. The zero-order valence-electron chi connectivity index (χ0n) is 17.0. The molecule has 3 aliphatic carbocycles. The van der Waals surface area contributed by atoms with Crippen molar-refractivity contribution < 1.29 is 19.4 Å². The number of ether oxygens (including phenoxy) is 1. The van der Waals surface area contributed by atoms with Gasteiger partial charge in [-0.3, -0.25) is 4.79 Å². The van der Waals surface area contributed by atoms with Crippen LogP contribution < -0.4 is 5.32 Å². The van der Waals surface area contributed by atoms with Crippen molar-refractivity contribution in [3.63, 3.8) is 0 Å². The minimum atomic E-state index is -0.852. The summed E-state index contributed by atoms with van der Waals surface area (Å²) in [5, 5.41) is 12.7. The van der Waals surface area contributed by atoms with Crippen molar-refractivity contribution in [3.8, 4) is 11.1 Å². The molecule has 3 aliphatic rings. The third-order valence-corrected chi connectivity index (χ3v) is 7.38. The molecule has 1 unspecified atom stereocenters. The number of amides is 1. The third-order valence-electron chi connectivity index (χ3n) is 7.38. The van der Waals surface area contributed by atoms with Gasteiger partial charge in [-0.25, -0.2) is 4.79 Å². The quantitative estimate of drug-likeness (QED) is 0.749. The summed E-state index contributed by atoms with van der Waals surface area (Å²) in [6, 6.07) is 16.4. The van der Waals surface area contributed by atoms with E-state index in [1.807, 2.05) is 24.3 Å². The number of carboxylic acids is 1. The SMILES string of the molecule is O=C(NCC1(C(=O)O)C[C@@H]2CC[C@@H](C2)C1)OCC1c2ccccc2-c2ccccc21. The Balaban J connectivity index is 1.24. The Bertz CT molecular complexity index is 927. The van der Waals surface area contributed by atoms with E-state index in [4.69, 9.17) is 4.74 Å². The molecule has 2 aromatic rings. The van der Waals surface area contributed by atoms with Crippen molar-refractivity contribution in [2.75, 3.05) is 13.2 Å². The van der Waals surface area contributed by atoms with E-state index in [1.165, 1.54) is 11.1 Å². The number of carbonyl (C=O) groups excluding carboxylic acids is 1. The fraction of sp³-hybridized carbons (Fsp3) is 0.440. The molecule has 30 heavy (non-hydrogen) atoms. The summed E-state index contributed by atoms with van der Waals surface area (Å²) >= 11 is 0. The van der Waals surface area contributed by atoms with Crippen LogP contribution in [-0.2, 0) is 9.53 Å². The molecule has 2 N–H and O–H groups in total. The predicted octanol–water partition coefficient (Wildman–Crippen LogP) is 4.81. The predicted molar refractivity (Wildman–Crippen MR) is 113 cm³/mol. The summed E-state index contributed by atoms with van der Waals surface area (Å²) in [6.45, 7) is 0.386. The molecule has 5 nitrogen and oxygen atoms in total. The van der Waals surface area contributed by atoms with Gasteiger partial charge in [-0.2, -0.15) is 0 Å². The summed E-state index contributed by atoms with van der Waals surface area (Å²) < 4.78 is 5.58. The molecule has 2 fully saturated rings. The van der Waals surface area contributed by atoms with Gasteiger partial charge in [0, 0.05) is 12.5 Å². The van der Waals surface area contributed by atoms with Gasteiger partial charge < -0.3 is 15.2 Å². The van der Waals surface area contributed by atoms with Gasteiger partial charge in [0.1, 0.15) is 6.61 Å². The number of rotatable bonds is 5. The number of carbonyl (C=O) groups is 2. The first-order valence-corrected chi connectivity index (χ1v) is 10.9. The van der Waals surface area contributed by atoms with E-state index in [0.29, 0.717) is 24.7 Å². The van der Waals surface area contributed by atoms with Gasteiger partial charge in [0.05, 0.1) is 5.41 Å². The smallest absolute Gasteiger partial charge is 0.407 e. The molecule has 0 heterocycles. The Labute approximate surface area is 176 Å². The van der Waals surface area contributed by atoms with Crippen molar-refractivity contribution in [3.05, 3.63) is 59.7 Å². The molecule has 0 saturated heterocycles. The second-order valence-electron chi connectivity index (χ2n) is 9.22. The summed E-state index contributed by atoms with van der Waals surface area (Å²) in [5.74, 6) is 0.161. The molecule has 0 aromatic heterocycles. The molecule has 0 spiro atoms. The topological polar surface area (TPSA) is 75.6 Å². The van der Waals surface area contributed by atoms with Gasteiger partial charge in [-0.15, -0.1) is 0 Å². The van der Waals surface area contributed by atoms with Crippen molar-refractivity contribution in [2.24, 2.45) is 17.3 Å². The minimum Gasteiger partial charge on any atom is -0.481 e. The highest BCUT2D eigenvalue weighted by Crippen LogP contribution is 2.50. The zero-order chi connectivity index (χ0) is 20.7. The van der Waals surface area contributed by atoms with Crippen molar-refractivity contribution in [1.29, 1.82) is 0 Å². The molecular weight excluding hydrogens is 378 g/mol. The van der Waals surface area contributed by atoms with Gasteiger partial charge in [0.25, 0.3) is 0 Å². The first kappa shape index (κ1) is 19.2. The van der Waals surface area contributed by atoms with E-state index in [9.17, 15) is 14.7 Å². The van der Waals surface area contributed by atoms with Crippen LogP contribution in [0.25, 0.3) is 11.1 Å². The molecule has 5 heteroatoms. The molecule has 5 rings (SSSR count). The second kappa shape index (κ2) is 7.46. The third kappa shape index (κ3) is 3.26. The first-order chi connectivity index (χ1) is 14.6. The largest absolute Gasteiger partial charge is 0.481 e. The lowest BCUT2D eigenvalue weighted by Gasteiger charge is -2.37. The Kier molecular flexibility index (Phi) is 4.76. The van der Waals surface area contributed by atoms with Crippen LogP contribution >= 0.6 is 0 Å². The van der Waals surface area contributed by atoms with E-state index in [1.54, 1.807) is 0 Å². The monoisotopic (exact) mass is 405 g/mol. The highest BCUT2D eigenvalue weighted by molar-refractivity contribution is 5.79. The van der Waals surface area contributed by atoms with Gasteiger partial charge in [0.2, 0.25) is 0 Å². The average molecular weight is 405 g/mol. The van der Waals surface area contributed by atoms with E-state index in [0.717, 1.165) is 30.4 Å². The highest BCUT2D eigenvalue weighted by atomic mass is 16.5. The molecule has 2 bridgehead atoms. The Hall–Kier alpha value is -2.82. The minimum absolute atomic E-state index is 0.00195. The number of nitrogens with one attached hydrogen (secondary N) is 1. The number of carboxylic acid groups (broad SMARTS) is 1. The van der Waals surface area contributed by atoms with Gasteiger partial charge in [-0.1, -0.05) is 61.4 Å². The summed E-state index contributed by atoms with van der Waals surface area (Å²) in [4.78, 5) is 24.5. The number of benzene rings is 2. The summed E-state index contributed by atoms with van der Waals surface area (Å²) in [6.07, 6.45) is 4.15. The lowest BCUT2D eigenvalue weighted by molar-refractivity contribution is -0.152. The maximum atomic E-state index is 12.5. The molecule has 2 saturated carbocycles. The molecular formula is C25H27NO4. The van der Waals surface area contributed by atoms with Crippen LogP contribution in [0, 0.1) is 17.3 Å². The molecule has 0 radical (unpaired) electrons. The van der Waals surface area contributed by atoms with Crippen LogP contribution in [0.3, 0.4) is 0 Å². The van der Waals surface area contributed by atoms with E-state index < -0.39 is 17.5 Å². The Morgan fingerprint density at radius 3 is 2.10 bits per heavy atom. The van der Waals surface area contributed by atoms with Crippen LogP contribution in [0.4, 0.5) is 4.79 Å². The summed E-state index contributed by atoms with van der Waals surface area (Å²) in [7, 11) is 0. The lowest BCUT2D eigenvalue weighted by Crippen LogP contribution is -2.46. The first-order valence-electron chi connectivity index (χ1n) is 10.9. The number of aliphatic carboxylic acids is 1. The second-order valence-corrected chi connectivity index (χ2v) is 9.22. The van der Waals surface area contributed by atoms with Crippen LogP contribution in [-0.4, -0.2) is 30.3 Å². The molecule has 3 atom stereocenters. The van der Waals surface area contributed by atoms with Gasteiger partial charge >= 0.3 is 12.1 Å². The molecule has 156 valence electrons. The zero-order valence-corrected chi connectivity index (χ0v) is 17.0. The molecule has 2 aromatic carbocycles. The van der Waals surface area contributed by atoms with Gasteiger partial charge in [0.15, 0.2) is 0 Å². The normalized spacial score (nSPS) is 26.7. The fourth-order valence-electron chi connectivity index (χ4n) is 6.02. The maximum Gasteiger partial charge on any atom is 0.407 e. The average Bonchev–Trinajstić information content (AvgIpc) is 3.27. The van der Waals surface area contributed by atoms with E-state index in [2.05, 4.69) is 29.6 Å². The number of hydrogen-bond donors (Lipinski definition) is 2. The standard InChI is InChI=1S/C25H27NO4/c27-23(28)25(12-16-9-10-17(11-16)13-25)15-26-24(29)30-14-22-20-7-3-1-5-18(20)19-6-2-4-8-21(19)22/h1-8,16-17,22H,9-15H2,(H,26,29)(H,27,28)/t16-,17+,25?. The summed E-state index contributed by atoms with van der Waals surface area (Å²) in [5.41, 5.74) is 3.85. The maximum absolute atomic E-state index is 12.5. The van der Waals surface area contributed by atoms with Crippen molar-refractivity contribution in [1.82, 2.24) is 5.32 Å². The Morgan fingerprint density at radius 1 is 0.967 bits per heavy atom. The van der Waals surface area contributed by atoms with E-state index in [-0.39, 0.29) is 19.1 Å². The van der Waals surface area contributed by atoms with Crippen molar-refractivity contribution >= 4 is 12.1 Å². The van der Waals surface area contributed by atoms with Crippen LogP contribution in [0.5, 0.6) is 0 Å². The number of hydrogen-bond acceptors (Lipinski definition) is 3.